The Balaban J connectivity index is 1.94. The number of rotatable bonds is 7. The highest BCUT2D eigenvalue weighted by Gasteiger charge is 2.66. The van der Waals surface area contributed by atoms with E-state index in [4.69, 9.17) is 23.2 Å². The first kappa shape index (κ1) is 28.7. The molecule has 1 saturated heterocycles. The molecule has 2 aromatic carbocycles. The van der Waals surface area contributed by atoms with Crippen LogP contribution in [0.25, 0.3) is 0 Å². The molecule has 0 aromatic heterocycles. The molecule has 2 aliphatic rings. The van der Waals surface area contributed by atoms with Gasteiger partial charge in [-0.05, 0) is 47.6 Å². The number of anilines is 1. The number of aliphatic hydroxyl groups is 1. The summed E-state index contributed by atoms with van der Waals surface area (Å²) < 4.78 is 30.6. The number of carbonyl (C=O) groups is 2. The molecule has 2 aromatic rings. The molecule has 0 bridgehead atoms. The number of amides is 2. The van der Waals surface area contributed by atoms with Crippen molar-refractivity contribution in [1.29, 1.82) is 0 Å². The van der Waals surface area contributed by atoms with Crippen molar-refractivity contribution in [3.63, 3.8) is 0 Å². The summed E-state index contributed by atoms with van der Waals surface area (Å²) in [7, 11) is 0. The number of carbonyl (C=O) groups excluding carboxylic acids is 2. The third-order valence-corrected chi connectivity index (χ3v) is 8.02. The fourth-order valence-electron chi connectivity index (χ4n) is 5.93. The molecule has 6 nitrogen and oxygen atoms in total. The van der Waals surface area contributed by atoms with Gasteiger partial charge in [-0.2, -0.15) is 0 Å². The van der Waals surface area contributed by atoms with Gasteiger partial charge in [0.15, 0.2) is 0 Å². The smallest absolute Gasteiger partial charge is 0.237 e. The molecule has 2 aliphatic heterocycles. The monoisotopic (exact) mass is 567 g/mol. The van der Waals surface area contributed by atoms with Crippen LogP contribution in [-0.4, -0.2) is 41.7 Å². The second kappa shape index (κ2) is 10.7. The zero-order chi connectivity index (χ0) is 28.0. The molecule has 0 saturated carbocycles. The lowest BCUT2D eigenvalue weighted by Gasteiger charge is -2.37. The zero-order valence-electron chi connectivity index (χ0n) is 21.8. The predicted molar refractivity (Wildman–Crippen MR) is 145 cm³/mol. The summed E-state index contributed by atoms with van der Waals surface area (Å²) in [5, 5.41) is 18.8. The first-order chi connectivity index (χ1) is 17.8. The summed E-state index contributed by atoms with van der Waals surface area (Å²) in [4.78, 5) is 27.7. The lowest BCUT2D eigenvalue weighted by Crippen LogP contribution is -2.49. The fourth-order valence-corrected chi connectivity index (χ4v) is 6.27. The van der Waals surface area contributed by atoms with E-state index in [2.05, 4.69) is 16.0 Å². The molecular weight excluding hydrogens is 535 g/mol. The highest BCUT2D eigenvalue weighted by Crippen LogP contribution is 2.57. The maximum atomic E-state index is 15.7. The summed E-state index contributed by atoms with van der Waals surface area (Å²) in [5.74, 6) is -3.55. The van der Waals surface area contributed by atoms with Crippen molar-refractivity contribution in [1.82, 2.24) is 10.6 Å². The average Bonchev–Trinajstić information content (AvgIpc) is 3.29. The van der Waals surface area contributed by atoms with Crippen LogP contribution in [0.3, 0.4) is 0 Å². The molecule has 206 valence electrons. The van der Waals surface area contributed by atoms with Gasteiger partial charge in [-0.15, -0.1) is 0 Å². The Kier molecular flexibility index (Phi) is 8.11. The lowest BCUT2D eigenvalue weighted by molar-refractivity contribution is -0.124. The highest BCUT2D eigenvalue weighted by atomic mass is 35.5. The summed E-state index contributed by atoms with van der Waals surface area (Å²) in [6.45, 7) is 7.88. The van der Waals surface area contributed by atoms with Crippen LogP contribution in [0.5, 0.6) is 0 Å². The van der Waals surface area contributed by atoms with Crippen molar-refractivity contribution in [2.24, 2.45) is 5.41 Å². The van der Waals surface area contributed by atoms with E-state index in [0.29, 0.717) is 24.1 Å². The maximum Gasteiger partial charge on any atom is 0.237 e. The Bertz CT molecular complexity index is 1250. The molecule has 2 amide bonds. The van der Waals surface area contributed by atoms with Crippen molar-refractivity contribution in [3.8, 4) is 0 Å². The normalized spacial score (nSPS) is 25.4. The van der Waals surface area contributed by atoms with Gasteiger partial charge >= 0.3 is 0 Å². The van der Waals surface area contributed by atoms with Crippen molar-refractivity contribution >= 4 is 40.7 Å². The average molecular weight is 568 g/mol. The van der Waals surface area contributed by atoms with Gasteiger partial charge in [-0.25, -0.2) is 8.78 Å². The maximum absolute atomic E-state index is 15.7. The van der Waals surface area contributed by atoms with Gasteiger partial charge in [-0.3, -0.25) is 9.59 Å². The quantitative estimate of drug-likeness (QED) is 0.365. The van der Waals surface area contributed by atoms with E-state index in [9.17, 15) is 19.1 Å². The fraction of sp³-hybridized carbons (Fsp3) is 0.500. The number of halogens is 4. The van der Waals surface area contributed by atoms with Crippen LogP contribution in [0.15, 0.2) is 30.3 Å². The van der Waals surface area contributed by atoms with Gasteiger partial charge in [0.2, 0.25) is 11.8 Å². The standard InChI is InChI=1S/C28H33Cl2F2N3O3/c1-5-7-14(36)13-33-25(37)24-22(15-8-6-9-17(29)23(15)32)28(21(35-24)12-27(2,3)4)16-10-19(31)18(30)11-20(16)34-26(28)38/h6,8-11,14,21-22,24,35-36H,5,7,12-13H2,1-4H3,(H,33,37)(H,34,38)/t14-,21+,22-,24+,28-/m0/s1. The number of aliphatic hydroxyl groups excluding tert-OH is 1. The lowest BCUT2D eigenvalue weighted by atomic mass is 9.62. The van der Waals surface area contributed by atoms with Gasteiger partial charge in [0.25, 0.3) is 0 Å². The van der Waals surface area contributed by atoms with Crippen LogP contribution in [0.1, 0.15) is 64.0 Å². The molecule has 10 heteroatoms. The van der Waals surface area contributed by atoms with Crippen LogP contribution in [0.2, 0.25) is 10.0 Å². The van der Waals surface area contributed by atoms with Crippen LogP contribution in [0.4, 0.5) is 14.5 Å². The number of fused-ring (bicyclic) bond motifs is 2. The Morgan fingerprint density at radius 2 is 1.92 bits per heavy atom. The van der Waals surface area contributed by atoms with Crippen LogP contribution in [0, 0.1) is 17.0 Å². The molecule has 2 heterocycles. The summed E-state index contributed by atoms with van der Waals surface area (Å²) in [5.41, 5.74) is -1.19. The molecule has 1 fully saturated rings. The second-order valence-corrected chi connectivity index (χ2v) is 12.2. The highest BCUT2D eigenvalue weighted by molar-refractivity contribution is 6.31. The first-order valence-corrected chi connectivity index (χ1v) is 13.5. The Labute approximate surface area is 231 Å². The molecule has 4 rings (SSSR count). The van der Waals surface area contributed by atoms with E-state index in [0.717, 1.165) is 6.42 Å². The molecule has 0 unspecified atom stereocenters. The van der Waals surface area contributed by atoms with Gasteiger partial charge in [0.1, 0.15) is 17.0 Å². The SMILES string of the molecule is CCC[C@H](O)CNC(=O)[C@@H]1N[C@H](CC(C)(C)C)[C@]2(C(=O)Nc3cc(Cl)c(F)cc32)[C@H]1c1cccc(Cl)c1F. The Hall–Kier alpha value is -2.26. The molecule has 4 N–H and O–H groups in total. The Morgan fingerprint density at radius 3 is 2.58 bits per heavy atom. The van der Waals surface area contributed by atoms with Gasteiger partial charge in [0.05, 0.1) is 22.2 Å². The molecule has 1 spiro atoms. The van der Waals surface area contributed by atoms with E-state index in [1.807, 2.05) is 27.7 Å². The molecule has 0 radical (unpaired) electrons. The second-order valence-electron chi connectivity index (χ2n) is 11.4. The van der Waals surface area contributed by atoms with E-state index in [1.165, 1.54) is 24.3 Å². The van der Waals surface area contributed by atoms with Crippen molar-refractivity contribution in [3.05, 3.63) is 63.1 Å². The molecular formula is C28H33Cl2F2N3O3. The van der Waals surface area contributed by atoms with Crippen molar-refractivity contribution in [2.45, 2.75) is 76.5 Å². The van der Waals surface area contributed by atoms with Crippen LogP contribution in [-0.2, 0) is 15.0 Å². The summed E-state index contributed by atoms with van der Waals surface area (Å²) >= 11 is 12.2. The Morgan fingerprint density at radius 1 is 1.21 bits per heavy atom. The van der Waals surface area contributed by atoms with Crippen LogP contribution >= 0.6 is 23.2 Å². The van der Waals surface area contributed by atoms with E-state index >= 15 is 4.39 Å². The number of hydrogen-bond donors (Lipinski definition) is 4. The topological polar surface area (TPSA) is 90.5 Å². The minimum atomic E-state index is -1.55. The van der Waals surface area contributed by atoms with Crippen molar-refractivity contribution in [2.75, 3.05) is 11.9 Å². The van der Waals surface area contributed by atoms with Crippen LogP contribution < -0.4 is 16.0 Å². The largest absolute Gasteiger partial charge is 0.391 e. The van der Waals surface area contributed by atoms with E-state index in [1.54, 1.807) is 6.07 Å². The third-order valence-electron chi connectivity index (χ3n) is 7.43. The molecule has 5 atom stereocenters. The minimum absolute atomic E-state index is 0.000438. The van der Waals surface area contributed by atoms with E-state index < -0.39 is 53.0 Å². The third kappa shape index (κ3) is 5.04. The summed E-state index contributed by atoms with van der Waals surface area (Å²) in [6.07, 6.45) is 0.886. The predicted octanol–water partition coefficient (Wildman–Crippen LogP) is 5.30. The molecule has 0 aliphatic carbocycles. The van der Waals surface area contributed by atoms with Gasteiger partial charge < -0.3 is 21.1 Å². The first-order valence-electron chi connectivity index (χ1n) is 12.8. The number of benzene rings is 2. The number of nitrogens with one attached hydrogen (secondary N) is 3. The van der Waals surface area contributed by atoms with Crippen molar-refractivity contribution < 1.29 is 23.5 Å². The summed E-state index contributed by atoms with van der Waals surface area (Å²) in [6, 6.07) is 5.23. The van der Waals surface area contributed by atoms with Gasteiger partial charge in [-0.1, -0.05) is 69.5 Å². The van der Waals surface area contributed by atoms with Gasteiger partial charge in [0, 0.05) is 24.2 Å². The molecule has 38 heavy (non-hydrogen) atoms. The zero-order valence-corrected chi connectivity index (χ0v) is 23.3. The van der Waals surface area contributed by atoms with E-state index in [-0.39, 0.29) is 27.6 Å². The number of hydrogen-bond acceptors (Lipinski definition) is 4. The minimum Gasteiger partial charge on any atom is -0.391 e.